The van der Waals surface area contributed by atoms with Crippen LogP contribution < -0.4 is 5.32 Å². The third kappa shape index (κ3) is 3.04. The summed E-state index contributed by atoms with van der Waals surface area (Å²) >= 11 is 0. The highest BCUT2D eigenvalue weighted by molar-refractivity contribution is 5.51. The van der Waals surface area contributed by atoms with Crippen molar-refractivity contribution in [2.24, 2.45) is 0 Å². The lowest BCUT2D eigenvalue weighted by atomic mass is 10.1. The first-order chi connectivity index (χ1) is 6.63. The van der Waals surface area contributed by atoms with E-state index in [4.69, 9.17) is 4.74 Å². The minimum absolute atomic E-state index is 0.246. The van der Waals surface area contributed by atoms with E-state index in [1.54, 1.807) is 7.11 Å². The second-order valence-corrected chi connectivity index (χ2v) is 3.75. The lowest BCUT2D eigenvalue weighted by Crippen LogP contribution is -2.18. The molecule has 0 radical (unpaired) electrons. The van der Waals surface area contributed by atoms with Crippen LogP contribution in [0.1, 0.15) is 18.1 Å². The van der Waals surface area contributed by atoms with Crippen molar-refractivity contribution in [2.45, 2.75) is 26.9 Å². The Balaban J connectivity index is 2.59. The van der Waals surface area contributed by atoms with Gasteiger partial charge < -0.3 is 10.1 Å². The molecule has 0 aliphatic heterocycles. The Kier molecular flexibility index (Phi) is 3.96. The monoisotopic (exact) mass is 193 g/mol. The average Bonchev–Trinajstić information content (AvgIpc) is 2.16. The summed E-state index contributed by atoms with van der Waals surface area (Å²) in [7, 11) is 1.73. The van der Waals surface area contributed by atoms with Crippen LogP contribution in [0, 0.1) is 13.8 Å². The summed E-state index contributed by atoms with van der Waals surface area (Å²) in [6, 6.07) is 6.42. The van der Waals surface area contributed by atoms with Gasteiger partial charge in [-0.05, 0) is 32.4 Å². The molecule has 0 saturated carbocycles. The number of hydrogen-bond acceptors (Lipinski definition) is 2. The molecular formula is C12H19NO. The van der Waals surface area contributed by atoms with Crippen molar-refractivity contribution in [2.75, 3.05) is 19.0 Å². The topological polar surface area (TPSA) is 21.3 Å². The Morgan fingerprint density at radius 1 is 1.36 bits per heavy atom. The first kappa shape index (κ1) is 11.1. The number of nitrogens with one attached hydrogen (secondary N) is 1. The molecule has 0 aliphatic rings. The number of ether oxygens (including phenoxy) is 1. The highest BCUT2D eigenvalue weighted by Gasteiger charge is 2.01. The first-order valence-corrected chi connectivity index (χ1v) is 4.97. The van der Waals surface area contributed by atoms with Gasteiger partial charge in [-0.2, -0.15) is 0 Å². The van der Waals surface area contributed by atoms with Crippen LogP contribution in [0.15, 0.2) is 18.2 Å². The Morgan fingerprint density at radius 2 is 2.07 bits per heavy atom. The van der Waals surface area contributed by atoms with Crippen molar-refractivity contribution in [3.63, 3.8) is 0 Å². The molecule has 0 amide bonds. The lowest BCUT2D eigenvalue weighted by Gasteiger charge is -2.14. The summed E-state index contributed by atoms with van der Waals surface area (Å²) in [5, 5.41) is 3.37. The molecule has 2 nitrogen and oxygen atoms in total. The van der Waals surface area contributed by atoms with Gasteiger partial charge >= 0.3 is 0 Å². The maximum atomic E-state index is 5.17. The summed E-state index contributed by atoms with van der Waals surface area (Å²) in [6.07, 6.45) is 0.246. The number of anilines is 1. The summed E-state index contributed by atoms with van der Waals surface area (Å²) in [5.41, 5.74) is 3.78. The fourth-order valence-electron chi connectivity index (χ4n) is 1.35. The van der Waals surface area contributed by atoms with Gasteiger partial charge in [-0.1, -0.05) is 17.7 Å². The van der Waals surface area contributed by atoms with Crippen LogP contribution >= 0.6 is 0 Å². The van der Waals surface area contributed by atoms with Crippen LogP contribution in [-0.2, 0) is 4.74 Å². The van der Waals surface area contributed by atoms with Crippen molar-refractivity contribution in [3.05, 3.63) is 29.3 Å². The Morgan fingerprint density at radius 3 is 2.64 bits per heavy atom. The van der Waals surface area contributed by atoms with Gasteiger partial charge in [-0.15, -0.1) is 0 Å². The summed E-state index contributed by atoms with van der Waals surface area (Å²) in [6.45, 7) is 7.12. The van der Waals surface area contributed by atoms with Crippen molar-refractivity contribution in [1.82, 2.24) is 0 Å². The van der Waals surface area contributed by atoms with Gasteiger partial charge in [0.15, 0.2) is 0 Å². The van der Waals surface area contributed by atoms with E-state index in [1.807, 2.05) is 0 Å². The second kappa shape index (κ2) is 5.01. The van der Waals surface area contributed by atoms with Crippen molar-refractivity contribution >= 4 is 5.69 Å². The molecule has 0 saturated heterocycles. The minimum Gasteiger partial charge on any atom is -0.382 e. The summed E-state index contributed by atoms with van der Waals surface area (Å²) in [5.74, 6) is 0. The molecule has 14 heavy (non-hydrogen) atoms. The SMILES string of the molecule is COC(C)CNc1ccc(C)cc1C. The Labute approximate surface area is 86.3 Å². The molecule has 0 aromatic heterocycles. The lowest BCUT2D eigenvalue weighted by molar-refractivity contribution is 0.129. The average molecular weight is 193 g/mol. The van der Waals surface area contributed by atoms with Gasteiger partial charge in [-0.3, -0.25) is 0 Å². The fraction of sp³-hybridized carbons (Fsp3) is 0.500. The quantitative estimate of drug-likeness (QED) is 0.794. The van der Waals surface area contributed by atoms with Gasteiger partial charge in [0.25, 0.3) is 0 Å². The number of methoxy groups -OCH3 is 1. The van der Waals surface area contributed by atoms with Crippen molar-refractivity contribution < 1.29 is 4.74 Å². The molecule has 0 spiro atoms. The third-order valence-electron chi connectivity index (χ3n) is 2.36. The molecule has 0 heterocycles. The Hall–Kier alpha value is -1.02. The highest BCUT2D eigenvalue weighted by Crippen LogP contribution is 2.15. The van der Waals surface area contributed by atoms with Crippen LogP contribution in [0.25, 0.3) is 0 Å². The molecule has 1 rings (SSSR count). The zero-order valence-electron chi connectivity index (χ0n) is 9.42. The first-order valence-electron chi connectivity index (χ1n) is 4.97. The van der Waals surface area contributed by atoms with E-state index in [2.05, 4.69) is 44.3 Å². The molecule has 1 atom stereocenters. The van der Waals surface area contributed by atoms with Crippen LogP contribution in [0.4, 0.5) is 5.69 Å². The maximum absolute atomic E-state index is 5.17. The third-order valence-corrected chi connectivity index (χ3v) is 2.36. The zero-order chi connectivity index (χ0) is 10.6. The molecule has 0 fully saturated rings. The van der Waals surface area contributed by atoms with E-state index in [9.17, 15) is 0 Å². The van der Waals surface area contributed by atoms with E-state index >= 15 is 0 Å². The highest BCUT2D eigenvalue weighted by atomic mass is 16.5. The number of hydrogen-bond donors (Lipinski definition) is 1. The summed E-state index contributed by atoms with van der Waals surface area (Å²) < 4.78 is 5.17. The van der Waals surface area contributed by atoms with Crippen LogP contribution in [0.5, 0.6) is 0 Å². The number of aryl methyl sites for hydroxylation is 2. The molecule has 78 valence electrons. The molecule has 0 bridgehead atoms. The van der Waals surface area contributed by atoms with Gasteiger partial charge in [-0.25, -0.2) is 0 Å². The maximum Gasteiger partial charge on any atom is 0.0715 e. The molecule has 2 heteroatoms. The van der Waals surface area contributed by atoms with Gasteiger partial charge in [0, 0.05) is 19.3 Å². The van der Waals surface area contributed by atoms with E-state index in [1.165, 1.54) is 16.8 Å². The zero-order valence-corrected chi connectivity index (χ0v) is 9.42. The molecule has 1 unspecified atom stereocenters. The van der Waals surface area contributed by atoms with E-state index in [0.29, 0.717) is 0 Å². The normalized spacial score (nSPS) is 12.6. The number of benzene rings is 1. The number of rotatable bonds is 4. The van der Waals surface area contributed by atoms with Crippen LogP contribution in [0.3, 0.4) is 0 Å². The van der Waals surface area contributed by atoms with Crippen molar-refractivity contribution in [1.29, 1.82) is 0 Å². The Bertz CT molecular complexity index is 296. The van der Waals surface area contributed by atoms with Gasteiger partial charge in [0.2, 0.25) is 0 Å². The van der Waals surface area contributed by atoms with Gasteiger partial charge in [0.1, 0.15) is 0 Å². The van der Waals surface area contributed by atoms with Crippen LogP contribution in [-0.4, -0.2) is 19.8 Å². The van der Waals surface area contributed by atoms with E-state index in [0.717, 1.165) is 6.54 Å². The largest absolute Gasteiger partial charge is 0.382 e. The molecular weight excluding hydrogens is 174 g/mol. The minimum atomic E-state index is 0.246. The summed E-state index contributed by atoms with van der Waals surface area (Å²) in [4.78, 5) is 0. The predicted molar refractivity (Wildman–Crippen MR) is 60.9 cm³/mol. The smallest absolute Gasteiger partial charge is 0.0715 e. The molecule has 1 aromatic carbocycles. The predicted octanol–water partition coefficient (Wildman–Crippen LogP) is 2.75. The van der Waals surface area contributed by atoms with E-state index in [-0.39, 0.29) is 6.10 Å². The van der Waals surface area contributed by atoms with Crippen LogP contribution in [0.2, 0.25) is 0 Å². The molecule has 1 aromatic rings. The standard InChI is InChI=1S/C12H19NO/c1-9-5-6-12(10(2)7-9)13-8-11(3)14-4/h5-7,11,13H,8H2,1-4H3. The second-order valence-electron chi connectivity index (χ2n) is 3.75. The molecule has 0 aliphatic carbocycles. The van der Waals surface area contributed by atoms with Gasteiger partial charge in [0.05, 0.1) is 6.10 Å². The fourth-order valence-corrected chi connectivity index (χ4v) is 1.35. The molecule has 1 N–H and O–H groups in total. The van der Waals surface area contributed by atoms with Crippen molar-refractivity contribution in [3.8, 4) is 0 Å². The van der Waals surface area contributed by atoms with E-state index < -0.39 is 0 Å².